The van der Waals surface area contributed by atoms with Crippen LogP contribution in [0.1, 0.15) is 115 Å². The first-order valence-electron chi connectivity index (χ1n) is 15.5. The van der Waals surface area contributed by atoms with Gasteiger partial charge in [0.25, 0.3) is 0 Å². The maximum atomic E-state index is 6.04. The van der Waals surface area contributed by atoms with E-state index < -0.39 is 0 Å². The van der Waals surface area contributed by atoms with Crippen molar-refractivity contribution in [1.29, 1.82) is 0 Å². The minimum atomic E-state index is -0.0201. The second-order valence-corrected chi connectivity index (χ2v) is 10.8. The van der Waals surface area contributed by atoms with Gasteiger partial charge in [-0.15, -0.1) is 0 Å². The van der Waals surface area contributed by atoms with Gasteiger partial charge in [0.2, 0.25) is 0 Å². The van der Waals surface area contributed by atoms with Crippen molar-refractivity contribution in [2.45, 2.75) is 116 Å². The Kier molecular flexibility index (Phi) is 15.3. The van der Waals surface area contributed by atoms with Crippen LogP contribution in [0.15, 0.2) is 60.7 Å². The van der Waals surface area contributed by atoms with Crippen LogP contribution in [0.25, 0.3) is 11.1 Å². The summed E-state index contributed by atoms with van der Waals surface area (Å²) in [6, 6.07) is 17.3. The quantitative estimate of drug-likeness (QED) is 0.136. The molecule has 1 heterocycles. The predicted octanol–water partition coefficient (Wildman–Crippen LogP) is 10.2. The van der Waals surface area contributed by atoms with E-state index in [9.17, 15) is 0 Å². The van der Waals surface area contributed by atoms with Gasteiger partial charge in [0, 0.05) is 5.92 Å². The smallest absolute Gasteiger partial charge is 0.157 e. The highest BCUT2D eigenvalue weighted by molar-refractivity contribution is 5.64. The summed E-state index contributed by atoms with van der Waals surface area (Å²) >= 11 is 0. The molecule has 3 heteroatoms. The summed E-state index contributed by atoms with van der Waals surface area (Å²) in [6.07, 6.45) is 22.5. The topological polar surface area (TPSA) is 27.7 Å². The molecule has 0 amide bonds. The van der Waals surface area contributed by atoms with Crippen LogP contribution < -0.4 is 4.74 Å². The molecule has 2 aromatic rings. The average Bonchev–Trinajstić information content (AvgIpc) is 2.97. The summed E-state index contributed by atoms with van der Waals surface area (Å²) in [6.45, 7) is 6.66. The minimum Gasteiger partial charge on any atom is -0.490 e. The van der Waals surface area contributed by atoms with Crippen LogP contribution in [0.4, 0.5) is 0 Å². The van der Waals surface area contributed by atoms with Gasteiger partial charge < -0.3 is 14.2 Å². The zero-order valence-corrected chi connectivity index (χ0v) is 24.2. The van der Waals surface area contributed by atoms with Gasteiger partial charge in [0.15, 0.2) is 6.29 Å². The minimum absolute atomic E-state index is 0.0201. The lowest BCUT2D eigenvalue weighted by atomic mass is 9.96. The van der Waals surface area contributed by atoms with E-state index in [0.29, 0.717) is 12.5 Å². The van der Waals surface area contributed by atoms with Crippen LogP contribution >= 0.6 is 0 Å². The van der Waals surface area contributed by atoms with Gasteiger partial charge in [0.1, 0.15) is 12.4 Å². The molecule has 1 saturated heterocycles. The molecule has 0 aromatic heterocycles. The summed E-state index contributed by atoms with van der Waals surface area (Å²) in [4.78, 5) is 0. The van der Waals surface area contributed by atoms with Crippen LogP contribution in [-0.4, -0.2) is 26.1 Å². The SMILES string of the molecule is CCCCCCCCC=CCOc1ccc(-c2ccc(C3COC(CCCCCCCC)OC3)cc2)cc1. The summed E-state index contributed by atoms with van der Waals surface area (Å²) in [5.41, 5.74) is 3.72. The maximum absolute atomic E-state index is 6.04. The van der Waals surface area contributed by atoms with Crippen molar-refractivity contribution in [3.05, 3.63) is 66.2 Å². The molecule has 210 valence electrons. The molecule has 0 radical (unpaired) electrons. The Labute approximate surface area is 233 Å². The number of hydrogen-bond donors (Lipinski definition) is 0. The second kappa shape index (κ2) is 19.0. The molecule has 0 atom stereocenters. The fourth-order valence-electron chi connectivity index (χ4n) is 5.06. The predicted molar refractivity (Wildman–Crippen MR) is 161 cm³/mol. The van der Waals surface area contributed by atoms with E-state index in [2.05, 4.69) is 74.5 Å². The van der Waals surface area contributed by atoms with Crippen LogP contribution in [0, 0.1) is 0 Å². The molecule has 1 fully saturated rings. The van der Waals surface area contributed by atoms with E-state index in [4.69, 9.17) is 14.2 Å². The van der Waals surface area contributed by atoms with Gasteiger partial charge in [0.05, 0.1) is 13.2 Å². The molecule has 3 nitrogen and oxygen atoms in total. The van der Waals surface area contributed by atoms with E-state index in [0.717, 1.165) is 31.8 Å². The van der Waals surface area contributed by atoms with Crippen LogP contribution in [0.2, 0.25) is 0 Å². The zero-order valence-electron chi connectivity index (χ0n) is 24.2. The Balaban J connectivity index is 1.32. The fraction of sp³-hybridized carbons (Fsp3) is 0.600. The zero-order chi connectivity index (χ0) is 26.7. The van der Waals surface area contributed by atoms with Crippen molar-refractivity contribution < 1.29 is 14.2 Å². The van der Waals surface area contributed by atoms with Crippen molar-refractivity contribution in [3.8, 4) is 16.9 Å². The normalized spacial score (nSPS) is 17.7. The van der Waals surface area contributed by atoms with E-state index in [1.54, 1.807) is 0 Å². The molecule has 1 aliphatic heterocycles. The van der Waals surface area contributed by atoms with E-state index >= 15 is 0 Å². The molecule has 0 bridgehead atoms. The molecule has 1 aliphatic rings. The largest absolute Gasteiger partial charge is 0.490 e. The Morgan fingerprint density at radius 2 is 1.21 bits per heavy atom. The van der Waals surface area contributed by atoms with Crippen molar-refractivity contribution in [2.24, 2.45) is 0 Å². The van der Waals surface area contributed by atoms with Crippen molar-refractivity contribution in [2.75, 3.05) is 19.8 Å². The number of ether oxygens (including phenoxy) is 3. The highest BCUT2D eigenvalue weighted by Crippen LogP contribution is 2.28. The third kappa shape index (κ3) is 11.7. The molecular weight excluding hydrogens is 468 g/mol. The number of hydrogen-bond acceptors (Lipinski definition) is 3. The molecule has 0 aliphatic carbocycles. The first-order valence-corrected chi connectivity index (χ1v) is 15.5. The molecular formula is C35H52O3. The van der Waals surface area contributed by atoms with Crippen LogP contribution in [-0.2, 0) is 9.47 Å². The van der Waals surface area contributed by atoms with Gasteiger partial charge in [-0.3, -0.25) is 0 Å². The number of rotatable bonds is 19. The Bertz CT molecular complexity index is 863. The monoisotopic (exact) mass is 520 g/mol. The summed E-state index contributed by atoms with van der Waals surface area (Å²) < 4.78 is 18.0. The highest BCUT2D eigenvalue weighted by Gasteiger charge is 2.23. The maximum Gasteiger partial charge on any atom is 0.157 e. The lowest BCUT2D eigenvalue weighted by molar-refractivity contribution is -0.190. The van der Waals surface area contributed by atoms with E-state index in [1.807, 2.05) is 0 Å². The molecule has 2 aromatic carbocycles. The first kappa shape index (κ1) is 30.4. The van der Waals surface area contributed by atoms with E-state index in [1.165, 1.54) is 93.7 Å². The third-order valence-corrected chi connectivity index (χ3v) is 7.57. The van der Waals surface area contributed by atoms with Gasteiger partial charge in [-0.1, -0.05) is 127 Å². The summed E-state index contributed by atoms with van der Waals surface area (Å²) in [7, 11) is 0. The van der Waals surface area contributed by atoms with E-state index in [-0.39, 0.29) is 6.29 Å². The van der Waals surface area contributed by atoms with Crippen molar-refractivity contribution in [1.82, 2.24) is 0 Å². The Hall–Kier alpha value is -2.10. The standard InChI is InChI=1S/C35H52O3/c1-3-5-7-9-11-12-13-15-17-27-36-34-25-23-31(24-26-34)30-19-21-32(22-20-30)33-28-37-35(38-29-33)18-16-14-10-8-6-4-2/h15,17,19-26,33,35H,3-14,16,18,27-29H2,1-2H3. The highest BCUT2D eigenvalue weighted by atomic mass is 16.7. The lowest BCUT2D eigenvalue weighted by Gasteiger charge is -2.29. The second-order valence-electron chi connectivity index (χ2n) is 10.8. The first-order chi connectivity index (χ1) is 18.8. The summed E-state index contributed by atoms with van der Waals surface area (Å²) in [5, 5.41) is 0. The van der Waals surface area contributed by atoms with Gasteiger partial charge >= 0.3 is 0 Å². The molecule has 0 spiro atoms. The Morgan fingerprint density at radius 1 is 0.658 bits per heavy atom. The summed E-state index contributed by atoms with van der Waals surface area (Å²) in [5.74, 6) is 1.23. The number of benzene rings is 2. The van der Waals surface area contributed by atoms with Crippen LogP contribution in [0.5, 0.6) is 5.75 Å². The van der Waals surface area contributed by atoms with Gasteiger partial charge in [-0.25, -0.2) is 0 Å². The molecule has 0 saturated carbocycles. The van der Waals surface area contributed by atoms with Gasteiger partial charge in [-0.2, -0.15) is 0 Å². The molecule has 0 unspecified atom stereocenters. The molecule has 3 rings (SSSR count). The number of allylic oxidation sites excluding steroid dienone is 1. The molecule has 0 N–H and O–H groups in total. The lowest BCUT2D eigenvalue weighted by Crippen LogP contribution is -2.30. The van der Waals surface area contributed by atoms with Crippen molar-refractivity contribution in [3.63, 3.8) is 0 Å². The van der Waals surface area contributed by atoms with Gasteiger partial charge in [-0.05, 0) is 54.5 Å². The Morgan fingerprint density at radius 3 is 1.84 bits per heavy atom. The average molecular weight is 521 g/mol. The third-order valence-electron chi connectivity index (χ3n) is 7.57. The molecule has 38 heavy (non-hydrogen) atoms. The fourth-order valence-corrected chi connectivity index (χ4v) is 5.06. The van der Waals surface area contributed by atoms with Crippen molar-refractivity contribution >= 4 is 0 Å². The number of unbranched alkanes of at least 4 members (excludes halogenated alkanes) is 11. The van der Waals surface area contributed by atoms with Crippen LogP contribution in [0.3, 0.4) is 0 Å².